The zero-order valence-corrected chi connectivity index (χ0v) is 24.0. The molecule has 0 spiro atoms. The number of hydrogen-bond acceptors (Lipinski definition) is 8. The first-order valence-electron chi connectivity index (χ1n) is 14.5. The fourth-order valence-electron chi connectivity index (χ4n) is 5.63. The first kappa shape index (κ1) is 29.9. The second-order valence-corrected chi connectivity index (χ2v) is 11.6. The van der Waals surface area contributed by atoms with Crippen molar-refractivity contribution in [1.82, 2.24) is 15.3 Å². The number of pyridine rings is 2. The fraction of sp³-hybridized carbons (Fsp3) is 0.613. The van der Waals surface area contributed by atoms with Crippen molar-refractivity contribution >= 4 is 11.8 Å². The fourth-order valence-corrected chi connectivity index (χ4v) is 5.63. The Kier molecular flexibility index (Phi) is 10.5. The summed E-state index contributed by atoms with van der Waals surface area (Å²) in [5.74, 6) is 0.432. The Morgan fingerprint density at radius 1 is 1.25 bits per heavy atom. The number of carboxylic acid groups (broad SMARTS) is 1. The van der Waals surface area contributed by atoms with Crippen molar-refractivity contribution in [3.63, 3.8) is 0 Å². The van der Waals surface area contributed by atoms with Gasteiger partial charge in [-0.15, -0.1) is 0 Å². The third kappa shape index (κ3) is 8.23. The van der Waals surface area contributed by atoms with Crippen LogP contribution in [-0.4, -0.2) is 65.6 Å². The van der Waals surface area contributed by atoms with E-state index in [0.717, 1.165) is 73.3 Å². The molecule has 3 heterocycles. The maximum Gasteiger partial charge on any atom is 0.332 e. The van der Waals surface area contributed by atoms with E-state index in [1.165, 1.54) is 0 Å². The lowest BCUT2D eigenvalue weighted by Crippen LogP contribution is -2.42. The monoisotopic (exact) mass is 549 g/mol. The van der Waals surface area contributed by atoms with Gasteiger partial charge in [0.1, 0.15) is 5.82 Å². The molecule has 2 aliphatic rings. The van der Waals surface area contributed by atoms with Crippen LogP contribution in [0.5, 0.6) is 0 Å². The number of aliphatic carboxylic acids is 1. The molecule has 0 aromatic carbocycles. The lowest BCUT2D eigenvalue weighted by atomic mass is 9.82. The van der Waals surface area contributed by atoms with E-state index >= 15 is 0 Å². The number of carboxylic acids is 1. The molecular weight excluding hydrogens is 506 g/mol. The van der Waals surface area contributed by atoms with Crippen molar-refractivity contribution in [2.24, 2.45) is 11.3 Å². The summed E-state index contributed by atoms with van der Waals surface area (Å²) in [6, 6.07) is 11.2. The van der Waals surface area contributed by atoms with Crippen LogP contribution in [0.15, 0.2) is 30.5 Å². The highest BCUT2D eigenvalue weighted by Gasteiger charge is 2.32. The van der Waals surface area contributed by atoms with E-state index in [1.54, 1.807) is 6.92 Å². The van der Waals surface area contributed by atoms with E-state index in [2.05, 4.69) is 29.7 Å². The molecule has 1 saturated carbocycles. The molecule has 40 heavy (non-hydrogen) atoms. The molecule has 3 N–H and O–H groups in total. The molecule has 0 unspecified atom stereocenters. The summed E-state index contributed by atoms with van der Waals surface area (Å²) in [5, 5.41) is 25.8. The first-order valence-corrected chi connectivity index (χ1v) is 14.5. The van der Waals surface area contributed by atoms with Gasteiger partial charge in [0.15, 0.2) is 6.10 Å². The van der Waals surface area contributed by atoms with Crippen LogP contribution in [0.25, 0.3) is 11.3 Å². The molecule has 9 heteroatoms. The molecule has 2 fully saturated rings. The van der Waals surface area contributed by atoms with E-state index in [-0.39, 0.29) is 6.04 Å². The number of anilines is 1. The number of nitriles is 1. The largest absolute Gasteiger partial charge is 0.479 e. The van der Waals surface area contributed by atoms with Gasteiger partial charge in [-0.25, -0.2) is 9.78 Å². The van der Waals surface area contributed by atoms with Crippen molar-refractivity contribution in [3.8, 4) is 17.3 Å². The minimum atomic E-state index is -0.931. The molecule has 0 bridgehead atoms. The minimum Gasteiger partial charge on any atom is -0.479 e. The molecule has 2 atom stereocenters. The predicted molar refractivity (Wildman–Crippen MR) is 154 cm³/mol. The third-order valence-corrected chi connectivity index (χ3v) is 8.29. The van der Waals surface area contributed by atoms with Crippen molar-refractivity contribution in [2.75, 3.05) is 31.7 Å². The van der Waals surface area contributed by atoms with Crippen molar-refractivity contribution in [1.29, 1.82) is 5.26 Å². The number of aromatic nitrogens is 2. The molecule has 2 aromatic rings. The average molecular weight is 550 g/mol. The van der Waals surface area contributed by atoms with Gasteiger partial charge >= 0.3 is 5.97 Å². The summed E-state index contributed by atoms with van der Waals surface area (Å²) >= 11 is 0. The molecule has 4 rings (SSSR count). The number of carbonyl (C=O) groups is 1. The SMILES string of the molecule is Cc1cnc(CC2CCC(N[C@@H](C)CO[C@H](C)C(=O)O)CC2)cc1-c1cccc(NCC2(C#N)CCOCC2)n1. The average Bonchev–Trinajstić information content (AvgIpc) is 2.97. The Morgan fingerprint density at radius 3 is 2.70 bits per heavy atom. The maximum absolute atomic E-state index is 11.0. The second kappa shape index (κ2) is 14.0. The van der Waals surface area contributed by atoms with Gasteiger partial charge in [0.05, 0.1) is 23.8 Å². The highest BCUT2D eigenvalue weighted by atomic mass is 16.5. The van der Waals surface area contributed by atoms with Gasteiger partial charge in [-0.2, -0.15) is 5.26 Å². The minimum absolute atomic E-state index is 0.115. The Balaban J connectivity index is 1.31. The van der Waals surface area contributed by atoms with E-state index in [1.807, 2.05) is 31.3 Å². The summed E-state index contributed by atoms with van der Waals surface area (Å²) < 4.78 is 10.9. The van der Waals surface area contributed by atoms with Gasteiger partial charge in [-0.3, -0.25) is 4.98 Å². The number of nitrogens with zero attached hydrogens (tertiary/aromatic N) is 3. The summed E-state index contributed by atoms with van der Waals surface area (Å²) in [5.41, 5.74) is 3.77. The first-order chi connectivity index (χ1) is 19.3. The summed E-state index contributed by atoms with van der Waals surface area (Å²) in [6.45, 7) is 7.89. The third-order valence-electron chi connectivity index (χ3n) is 8.29. The van der Waals surface area contributed by atoms with Gasteiger partial charge in [-0.1, -0.05) is 6.07 Å². The molecule has 1 aliphatic heterocycles. The standard InChI is InChI=1S/C31H43N5O4/c1-21-17-33-26(15-24-7-9-25(10-8-24)35-22(2)18-40-23(3)30(37)38)16-27(21)28-5-4-6-29(36-28)34-20-31(19-32)11-13-39-14-12-31/h4-6,16-17,22-25,35H,7-15,18,20H2,1-3H3,(H,34,36)(H,37,38)/t22-,23+,24?,25?/m0/s1. The molecule has 0 radical (unpaired) electrons. The van der Waals surface area contributed by atoms with Crippen LogP contribution in [0.2, 0.25) is 0 Å². The highest BCUT2D eigenvalue weighted by molar-refractivity contribution is 5.71. The summed E-state index contributed by atoms with van der Waals surface area (Å²) in [4.78, 5) is 20.6. The molecule has 2 aromatic heterocycles. The quantitative estimate of drug-likeness (QED) is 0.343. The summed E-state index contributed by atoms with van der Waals surface area (Å²) in [7, 11) is 0. The van der Waals surface area contributed by atoms with Crippen LogP contribution < -0.4 is 10.6 Å². The maximum atomic E-state index is 11.0. The van der Waals surface area contributed by atoms with Gasteiger partial charge in [0, 0.05) is 49.3 Å². The van der Waals surface area contributed by atoms with Gasteiger partial charge in [0.2, 0.25) is 0 Å². The Morgan fingerprint density at radius 2 is 2.00 bits per heavy atom. The Bertz CT molecular complexity index is 1170. The number of hydrogen-bond donors (Lipinski definition) is 3. The van der Waals surface area contributed by atoms with Crippen LogP contribution in [-0.2, 0) is 20.7 Å². The van der Waals surface area contributed by atoms with Crippen LogP contribution in [0.3, 0.4) is 0 Å². The van der Waals surface area contributed by atoms with Gasteiger partial charge in [-0.05, 0) is 95.4 Å². The molecule has 216 valence electrons. The van der Waals surface area contributed by atoms with Crippen molar-refractivity contribution < 1.29 is 19.4 Å². The van der Waals surface area contributed by atoms with E-state index in [9.17, 15) is 10.1 Å². The number of ether oxygens (including phenoxy) is 2. The number of nitrogens with one attached hydrogen (secondary N) is 2. The molecular formula is C31H43N5O4. The Hall–Kier alpha value is -3.06. The second-order valence-electron chi connectivity index (χ2n) is 11.6. The van der Waals surface area contributed by atoms with Gasteiger partial charge in [0.25, 0.3) is 0 Å². The lowest BCUT2D eigenvalue weighted by molar-refractivity contribution is -0.149. The topological polar surface area (TPSA) is 129 Å². The smallest absolute Gasteiger partial charge is 0.332 e. The van der Waals surface area contributed by atoms with E-state index in [0.29, 0.717) is 38.3 Å². The lowest BCUT2D eigenvalue weighted by Gasteiger charge is -2.31. The number of rotatable bonds is 12. The predicted octanol–water partition coefficient (Wildman–Crippen LogP) is 4.75. The van der Waals surface area contributed by atoms with E-state index in [4.69, 9.17) is 24.5 Å². The highest BCUT2D eigenvalue weighted by Crippen LogP contribution is 2.31. The van der Waals surface area contributed by atoms with Crippen LogP contribution in [0, 0.1) is 29.6 Å². The van der Waals surface area contributed by atoms with Crippen LogP contribution in [0.1, 0.15) is 63.6 Å². The van der Waals surface area contributed by atoms with Crippen LogP contribution >= 0.6 is 0 Å². The van der Waals surface area contributed by atoms with Crippen molar-refractivity contribution in [2.45, 2.75) is 83.9 Å². The zero-order chi connectivity index (χ0) is 28.5. The van der Waals surface area contributed by atoms with Crippen molar-refractivity contribution in [3.05, 3.63) is 41.7 Å². The molecule has 0 amide bonds. The number of aryl methyl sites for hydroxylation is 1. The molecule has 1 aliphatic carbocycles. The van der Waals surface area contributed by atoms with Crippen LogP contribution in [0.4, 0.5) is 5.82 Å². The Labute approximate surface area is 237 Å². The normalized spacial score (nSPS) is 22.1. The van der Waals surface area contributed by atoms with E-state index < -0.39 is 17.5 Å². The summed E-state index contributed by atoms with van der Waals surface area (Å²) in [6.07, 6.45) is 8.03. The van der Waals surface area contributed by atoms with Gasteiger partial charge < -0.3 is 25.2 Å². The molecule has 9 nitrogen and oxygen atoms in total. The molecule has 1 saturated heterocycles. The zero-order valence-electron chi connectivity index (χ0n) is 24.0.